The van der Waals surface area contributed by atoms with Crippen molar-refractivity contribution in [2.24, 2.45) is 12.2 Å². The number of halogens is 2. The highest BCUT2D eigenvalue weighted by Gasteiger charge is 2.20. The van der Waals surface area contributed by atoms with E-state index in [0.29, 0.717) is 4.47 Å². The molecule has 1 heterocycles. The largest absolute Gasteiger partial charge is 0.484 e. The maximum absolute atomic E-state index is 11.6. The van der Waals surface area contributed by atoms with E-state index in [1.165, 1.54) is 6.07 Å². The molecule has 0 spiro atoms. The van der Waals surface area contributed by atoms with Crippen molar-refractivity contribution < 1.29 is 13.2 Å². The lowest BCUT2D eigenvalue weighted by Crippen LogP contribution is -2.14. The fourth-order valence-electron chi connectivity index (χ4n) is 1.83. The standard InChI is InChI=1S/C12H13BrClN3O3S/c1-7-3-9(17(2)16-7)6-20-12-10(14)4-8(13)5-11(12)21(15,18)19/h3-5H,6H2,1-2H3,(H2,15,18,19). The van der Waals surface area contributed by atoms with Crippen LogP contribution in [-0.4, -0.2) is 18.2 Å². The monoisotopic (exact) mass is 393 g/mol. The number of rotatable bonds is 4. The van der Waals surface area contributed by atoms with Crippen molar-refractivity contribution in [3.05, 3.63) is 39.1 Å². The Labute approximate surface area is 136 Å². The molecule has 0 bridgehead atoms. The van der Waals surface area contributed by atoms with E-state index in [0.717, 1.165) is 11.4 Å². The van der Waals surface area contributed by atoms with Gasteiger partial charge in [0, 0.05) is 11.5 Å². The Hall–Kier alpha value is -1.09. The van der Waals surface area contributed by atoms with Crippen molar-refractivity contribution >= 4 is 37.6 Å². The molecule has 9 heteroatoms. The lowest BCUT2D eigenvalue weighted by Gasteiger charge is -2.12. The predicted octanol–water partition coefficient (Wildman–Crippen LogP) is 2.37. The van der Waals surface area contributed by atoms with Gasteiger partial charge in [0.05, 0.1) is 16.4 Å². The Kier molecular flexibility index (Phi) is 4.62. The molecular weight excluding hydrogens is 382 g/mol. The maximum atomic E-state index is 11.6. The molecule has 6 nitrogen and oxygen atoms in total. The number of aryl methyl sites for hydroxylation is 2. The van der Waals surface area contributed by atoms with Gasteiger partial charge in [-0.3, -0.25) is 4.68 Å². The van der Waals surface area contributed by atoms with Crippen molar-refractivity contribution in [2.45, 2.75) is 18.4 Å². The van der Waals surface area contributed by atoms with Crippen LogP contribution in [-0.2, 0) is 23.7 Å². The number of primary sulfonamides is 1. The Morgan fingerprint density at radius 3 is 2.62 bits per heavy atom. The summed E-state index contributed by atoms with van der Waals surface area (Å²) in [7, 11) is -2.18. The van der Waals surface area contributed by atoms with Crippen LogP contribution in [0.5, 0.6) is 5.75 Å². The van der Waals surface area contributed by atoms with Gasteiger partial charge in [-0.15, -0.1) is 0 Å². The smallest absolute Gasteiger partial charge is 0.241 e. The molecule has 2 aromatic rings. The zero-order chi connectivity index (χ0) is 15.8. The summed E-state index contributed by atoms with van der Waals surface area (Å²) < 4.78 is 31.0. The molecule has 0 saturated heterocycles. The number of benzene rings is 1. The number of nitrogens with zero attached hydrogens (tertiary/aromatic N) is 2. The van der Waals surface area contributed by atoms with E-state index in [-0.39, 0.29) is 22.3 Å². The second-order valence-corrected chi connectivity index (χ2v) is 7.30. The van der Waals surface area contributed by atoms with Gasteiger partial charge in [0.15, 0.2) is 5.75 Å². The summed E-state index contributed by atoms with van der Waals surface area (Å²) >= 11 is 9.23. The van der Waals surface area contributed by atoms with Gasteiger partial charge in [-0.05, 0) is 25.1 Å². The number of nitrogens with two attached hydrogens (primary N) is 1. The Morgan fingerprint density at radius 2 is 2.10 bits per heavy atom. The minimum Gasteiger partial charge on any atom is -0.484 e. The van der Waals surface area contributed by atoms with Crippen LogP contribution in [0.25, 0.3) is 0 Å². The molecule has 1 aromatic carbocycles. The molecule has 2 rings (SSSR count). The van der Waals surface area contributed by atoms with Crippen LogP contribution in [0, 0.1) is 6.92 Å². The van der Waals surface area contributed by atoms with Crippen molar-refractivity contribution in [3.8, 4) is 5.75 Å². The molecule has 0 aliphatic carbocycles. The van der Waals surface area contributed by atoms with E-state index < -0.39 is 10.0 Å². The van der Waals surface area contributed by atoms with Crippen molar-refractivity contribution in [1.82, 2.24) is 9.78 Å². The van der Waals surface area contributed by atoms with Gasteiger partial charge >= 0.3 is 0 Å². The number of sulfonamides is 1. The highest BCUT2D eigenvalue weighted by molar-refractivity contribution is 9.10. The maximum Gasteiger partial charge on any atom is 0.241 e. The SMILES string of the molecule is Cc1cc(COc2c(Cl)cc(Br)cc2S(N)(=O)=O)n(C)n1. The van der Waals surface area contributed by atoms with Crippen LogP contribution in [0.2, 0.25) is 5.02 Å². The van der Waals surface area contributed by atoms with E-state index in [4.69, 9.17) is 21.5 Å². The summed E-state index contributed by atoms with van der Waals surface area (Å²) in [5, 5.41) is 9.54. The van der Waals surface area contributed by atoms with Crippen molar-refractivity contribution in [1.29, 1.82) is 0 Å². The zero-order valence-electron chi connectivity index (χ0n) is 11.3. The van der Waals surface area contributed by atoms with Gasteiger partial charge < -0.3 is 4.74 Å². The highest BCUT2D eigenvalue weighted by atomic mass is 79.9. The van der Waals surface area contributed by atoms with Crippen LogP contribution in [0.1, 0.15) is 11.4 Å². The number of ether oxygens (including phenoxy) is 1. The quantitative estimate of drug-likeness (QED) is 0.862. The first-order valence-corrected chi connectivity index (χ1v) is 8.54. The fourth-order valence-corrected chi connectivity index (χ4v) is 3.62. The summed E-state index contributed by atoms with van der Waals surface area (Å²) in [6.07, 6.45) is 0. The fraction of sp³-hybridized carbons (Fsp3) is 0.250. The molecule has 0 aliphatic rings. The third kappa shape index (κ3) is 3.76. The highest BCUT2D eigenvalue weighted by Crippen LogP contribution is 2.35. The van der Waals surface area contributed by atoms with E-state index in [1.807, 2.05) is 13.0 Å². The first kappa shape index (κ1) is 16.3. The zero-order valence-corrected chi connectivity index (χ0v) is 14.5. The third-order valence-electron chi connectivity index (χ3n) is 2.74. The lowest BCUT2D eigenvalue weighted by atomic mass is 10.3. The van der Waals surface area contributed by atoms with Gasteiger partial charge in [0.25, 0.3) is 0 Å². The Morgan fingerprint density at radius 1 is 1.43 bits per heavy atom. The summed E-state index contributed by atoms with van der Waals surface area (Å²) in [4.78, 5) is -0.166. The van der Waals surface area contributed by atoms with Gasteiger partial charge in [-0.25, -0.2) is 13.6 Å². The molecule has 114 valence electrons. The normalized spacial score (nSPS) is 11.7. The van der Waals surface area contributed by atoms with E-state index >= 15 is 0 Å². The molecule has 0 aliphatic heterocycles. The topological polar surface area (TPSA) is 87.2 Å². The van der Waals surface area contributed by atoms with Gasteiger partial charge in [-0.2, -0.15) is 5.10 Å². The van der Waals surface area contributed by atoms with Crippen LogP contribution in [0.15, 0.2) is 27.6 Å². The Bertz CT molecular complexity index is 789. The van der Waals surface area contributed by atoms with Crippen LogP contribution < -0.4 is 9.88 Å². The number of hydrogen-bond donors (Lipinski definition) is 1. The molecule has 0 atom stereocenters. The lowest BCUT2D eigenvalue weighted by molar-refractivity contribution is 0.287. The molecule has 0 saturated carbocycles. The molecular formula is C12H13BrClN3O3S. The predicted molar refractivity (Wildman–Crippen MR) is 82.8 cm³/mol. The molecule has 21 heavy (non-hydrogen) atoms. The first-order valence-electron chi connectivity index (χ1n) is 5.82. The molecule has 2 N–H and O–H groups in total. The van der Waals surface area contributed by atoms with Crippen LogP contribution >= 0.6 is 27.5 Å². The van der Waals surface area contributed by atoms with E-state index in [2.05, 4.69) is 21.0 Å². The molecule has 0 radical (unpaired) electrons. The third-order valence-corrected chi connectivity index (χ3v) is 4.40. The molecule has 0 amide bonds. The second kappa shape index (κ2) is 5.96. The number of aromatic nitrogens is 2. The molecule has 0 fully saturated rings. The number of hydrogen-bond acceptors (Lipinski definition) is 4. The molecule has 1 aromatic heterocycles. The van der Waals surface area contributed by atoms with Crippen molar-refractivity contribution in [3.63, 3.8) is 0 Å². The summed E-state index contributed by atoms with van der Waals surface area (Å²) in [5.41, 5.74) is 1.62. The van der Waals surface area contributed by atoms with Crippen LogP contribution in [0.3, 0.4) is 0 Å². The molecule has 0 unspecified atom stereocenters. The average Bonchev–Trinajstić information content (AvgIpc) is 2.64. The summed E-state index contributed by atoms with van der Waals surface area (Å²) in [6, 6.07) is 4.73. The summed E-state index contributed by atoms with van der Waals surface area (Å²) in [5.74, 6) is 0.0289. The average molecular weight is 395 g/mol. The van der Waals surface area contributed by atoms with Crippen molar-refractivity contribution in [2.75, 3.05) is 0 Å². The minimum atomic E-state index is -3.95. The van der Waals surface area contributed by atoms with Crippen LogP contribution in [0.4, 0.5) is 0 Å². The van der Waals surface area contributed by atoms with E-state index in [9.17, 15) is 8.42 Å². The van der Waals surface area contributed by atoms with Gasteiger partial charge in [0.2, 0.25) is 10.0 Å². The second-order valence-electron chi connectivity index (χ2n) is 4.45. The Balaban J connectivity index is 2.38. The van der Waals surface area contributed by atoms with Gasteiger partial charge in [0.1, 0.15) is 11.5 Å². The van der Waals surface area contributed by atoms with Gasteiger partial charge in [-0.1, -0.05) is 27.5 Å². The minimum absolute atomic E-state index is 0.0289. The van der Waals surface area contributed by atoms with E-state index in [1.54, 1.807) is 17.8 Å². The first-order chi connectivity index (χ1) is 9.68. The summed E-state index contributed by atoms with van der Waals surface area (Å²) in [6.45, 7) is 1.98.